The molecule has 6 rings (SSSR count). The molecule has 0 saturated carbocycles. The summed E-state index contributed by atoms with van der Waals surface area (Å²) in [6, 6.07) is 13.2. The van der Waals surface area contributed by atoms with Gasteiger partial charge in [-0.1, -0.05) is 37.6 Å². The van der Waals surface area contributed by atoms with E-state index >= 15 is 0 Å². The van der Waals surface area contributed by atoms with E-state index in [2.05, 4.69) is 52.3 Å². The summed E-state index contributed by atoms with van der Waals surface area (Å²) >= 11 is 6.54. The van der Waals surface area contributed by atoms with Crippen LogP contribution in [-0.2, 0) is 11.3 Å². The van der Waals surface area contributed by atoms with Gasteiger partial charge >= 0.3 is 6.03 Å². The number of urea groups is 1. The molecule has 0 radical (unpaired) electrons. The molecule has 3 aliphatic rings. The number of benzene rings is 2. The molecule has 1 N–H and O–H groups in total. The first kappa shape index (κ1) is 29.2. The number of fused-ring (bicyclic) bond motifs is 1. The fourth-order valence-electron chi connectivity index (χ4n) is 6.21. The predicted molar refractivity (Wildman–Crippen MR) is 172 cm³/mol. The van der Waals surface area contributed by atoms with Gasteiger partial charge in [-0.25, -0.2) is 9.78 Å². The van der Waals surface area contributed by atoms with Crippen molar-refractivity contribution in [3.05, 3.63) is 64.8 Å². The number of nitrogens with one attached hydrogen (secondary N) is 1. The molecule has 3 aromatic rings. The Morgan fingerprint density at radius 3 is 2.53 bits per heavy atom. The molecular weight excluding hydrogens is 564 g/mol. The lowest BCUT2D eigenvalue weighted by molar-refractivity contribution is -0.133. The van der Waals surface area contributed by atoms with Gasteiger partial charge < -0.3 is 20.0 Å². The van der Waals surface area contributed by atoms with E-state index in [4.69, 9.17) is 16.6 Å². The molecule has 1 atom stereocenters. The van der Waals surface area contributed by atoms with Crippen LogP contribution in [0, 0.1) is 12.8 Å². The lowest BCUT2D eigenvalue weighted by atomic mass is 10.1. The Morgan fingerprint density at radius 2 is 1.81 bits per heavy atom. The Morgan fingerprint density at radius 1 is 1.05 bits per heavy atom. The standard InChI is InChI=1S/C32H39ClN8O2/c1-21(2)30(42)39-12-11-25(20-39)41-29-23(19-40(32(41)43)28-8-6-5-7-26(28)33)18-34-31(36-29)35-24-9-10-27(22(3)17-24)38-15-13-37(4)14-16-38/h5-10,17-18,21,25H,11-16,19-20H2,1-4H3,(H,34,35,36)/t25-/m0/s1. The number of anilines is 5. The third kappa shape index (κ3) is 5.86. The summed E-state index contributed by atoms with van der Waals surface area (Å²) in [7, 11) is 2.16. The van der Waals surface area contributed by atoms with Gasteiger partial charge in [0.05, 0.1) is 23.3 Å². The molecule has 2 fully saturated rings. The zero-order valence-corrected chi connectivity index (χ0v) is 26.0. The van der Waals surface area contributed by atoms with Crippen molar-refractivity contribution >= 4 is 52.4 Å². The predicted octanol–water partition coefficient (Wildman–Crippen LogP) is 5.14. The first-order valence-electron chi connectivity index (χ1n) is 15.0. The minimum atomic E-state index is -0.216. The van der Waals surface area contributed by atoms with Crippen molar-refractivity contribution in [2.24, 2.45) is 5.92 Å². The molecule has 2 saturated heterocycles. The van der Waals surface area contributed by atoms with Crippen LogP contribution in [0.5, 0.6) is 0 Å². The summed E-state index contributed by atoms with van der Waals surface area (Å²) in [6.45, 7) is 11.4. The molecule has 0 spiro atoms. The molecule has 1 aromatic heterocycles. The third-order valence-corrected chi connectivity index (χ3v) is 8.93. The third-order valence-electron chi connectivity index (χ3n) is 8.61. The topological polar surface area (TPSA) is 88.1 Å². The second kappa shape index (κ2) is 12.0. The monoisotopic (exact) mass is 602 g/mol. The number of likely N-dealkylation sites (tertiary alicyclic amines) is 1. The normalized spacial score (nSPS) is 19.3. The highest BCUT2D eigenvalue weighted by molar-refractivity contribution is 6.34. The maximum atomic E-state index is 14.2. The van der Waals surface area contributed by atoms with Gasteiger partial charge in [-0.05, 0) is 56.3 Å². The van der Waals surface area contributed by atoms with Crippen molar-refractivity contribution in [2.45, 2.75) is 39.8 Å². The molecule has 3 amide bonds. The van der Waals surface area contributed by atoms with E-state index in [0.29, 0.717) is 48.5 Å². The highest BCUT2D eigenvalue weighted by Crippen LogP contribution is 2.37. The van der Waals surface area contributed by atoms with Crippen molar-refractivity contribution in [3.63, 3.8) is 0 Å². The fraction of sp³-hybridized carbons (Fsp3) is 0.438. The molecule has 0 aliphatic carbocycles. The van der Waals surface area contributed by atoms with E-state index < -0.39 is 0 Å². The first-order chi connectivity index (χ1) is 20.7. The average Bonchev–Trinajstić information content (AvgIpc) is 3.47. The number of halogens is 1. The number of aromatic nitrogens is 2. The summed E-state index contributed by atoms with van der Waals surface area (Å²) in [5, 5.41) is 3.86. The molecule has 0 bridgehead atoms. The largest absolute Gasteiger partial charge is 0.369 e. The van der Waals surface area contributed by atoms with Gasteiger partial charge in [-0.15, -0.1) is 0 Å². The highest BCUT2D eigenvalue weighted by atomic mass is 35.5. The minimum absolute atomic E-state index is 0.0931. The fourth-order valence-corrected chi connectivity index (χ4v) is 6.44. The lowest BCUT2D eigenvalue weighted by Gasteiger charge is -2.39. The van der Waals surface area contributed by atoms with Gasteiger partial charge in [-0.2, -0.15) is 4.98 Å². The minimum Gasteiger partial charge on any atom is -0.369 e. The van der Waals surface area contributed by atoms with Crippen LogP contribution in [0.15, 0.2) is 48.7 Å². The number of hydrogen-bond acceptors (Lipinski definition) is 7. The number of amides is 3. The average molecular weight is 603 g/mol. The molecule has 3 aliphatic heterocycles. The van der Waals surface area contributed by atoms with Crippen LogP contribution in [0.25, 0.3) is 0 Å². The van der Waals surface area contributed by atoms with Gasteiger partial charge in [0.15, 0.2) is 0 Å². The number of nitrogens with zero attached hydrogens (tertiary/aromatic N) is 7. The molecule has 43 heavy (non-hydrogen) atoms. The first-order valence-corrected chi connectivity index (χ1v) is 15.4. The zero-order valence-electron chi connectivity index (χ0n) is 25.3. The van der Waals surface area contributed by atoms with E-state index in [0.717, 1.165) is 37.4 Å². The number of hydrogen-bond donors (Lipinski definition) is 1. The molecule has 226 valence electrons. The Balaban J connectivity index is 1.29. The number of rotatable bonds is 6. The van der Waals surface area contributed by atoms with Crippen LogP contribution in [0.3, 0.4) is 0 Å². The van der Waals surface area contributed by atoms with E-state index in [1.54, 1.807) is 22.1 Å². The number of carbonyl (C=O) groups excluding carboxylic acids is 2. The van der Waals surface area contributed by atoms with E-state index in [-0.39, 0.29) is 23.9 Å². The molecule has 4 heterocycles. The smallest absolute Gasteiger partial charge is 0.330 e. The number of carbonyl (C=O) groups is 2. The summed E-state index contributed by atoms with van der Waals surface area (Å²) < 4.78 is 0. The quantitative estimate of drug-likeness (QED) is 0.418. The van der Waals surface area contributed by atoms with Gasteiger partial charge in [-0.3, -0.25) is 14.6 Å². The number of likely N-dealkylation sites (N-methyl/N-ethyl adjacent to an activating group) is 1. The molecule has 11 heteroatoms. The van der Waals surface area contributed by atoms with Crippen LogP contribution in [0.1, 0.15) is 31.4 Å². The van der Waals surface area contributed by atoms with Crippen molar-refractivity contribution in [1.82, 2.24) is 19.8 Å². The highest BCUT2D eigenvalue weighted by Gasteiger charge is 2.41. The maximum Gasteiger partial charge on any atom is 0.330 e. The summed E-state index contributed by atoms with van der Waals surface area (Å²) in [5.41, 5.74) is 4.76. The van der Waals surface area contributed by atoms with E-state index in [1.165, 1.54) is 11.3 Å². The van der Waals surface area contributed by atoms with Gasteiger partial charge in [0, 0.05) is 68.3 Å². The molecule has 10 nitrogen and oxygen atoms in total. The van der Waals surface area contributed by atoms with Crippen LogP contribution in [-0.4, -0.2) is 84.1 Å². The summed E-state index contributed by atoms with van der Waals surface area (Å²) in [5.74, 6) is 0.977. The second-order valence-electron chi connectivity index (χ2n) is 12.0. The molecule has 2 aromatic carbocycles. The Labute approximate surface area is 258 Å². The Bertz CT molecular complexity index is 1520. The lowest BCUT2D eigenvalue weighted by Crippen LogP contribution is -2.53. The zero-order chi connectivity index (χ0) is 30.2. The number of para-hydroxylation sites is 1. The van der Waals surface area contributed by atoms with Crippen LogP contribution in [0.4, 0.5) is 33.6 Å². The van der Waals surface area contributed by atoms with Gasteiger partial charge in [0.1, 0.15) is 5.82 Å². The molecule has 0 unspecified atom stereocenters. The SMILES string of the molecule is Cc1cc(Nc2ncc3c(n2)N([C@H]2CCN(C(=O)C(C)C)C2)C(=O)N(c2ccccc2Cl)C3)ccc1N1CCN(C)CC1. The number of aryl methyl sites for hydroxylation is 1. The van der Waals surface area contributed by atoms with Crippen molar-refractivity contribution in [3.8, 4) is 0 Å². The van der Waals surface area contributed by atoms with E-state index in [9.17, 15) is 9.59 Å². The van der Waals surface area contributed by atoms with Crippen molar-refractivity contribution in [2.75, 3.05) is 66.3 Å². The van der Waals surface area contributed by atoms with Crippen LogP contribution < -0.4 is 20.0 Å². The van der Waals surface area contributed by atoms with E-state index in [1.807, 2.05) is 36.9 Å². The van der Waals surface area contributed by atoms with Gasteiger partial charge in [0.2, 0.25) is 11.9 Å². The van der Waals surface area contributed by atoms with Crippen molar-refractivity contribution in [1.29, 1.82) is 0 Å². The second-order valence-corrected chi connectivity index (χ2v) is 12.4. The molecular formula is C32H39ClN8O2. The van der Waals surface area contributed by atoms with Crippen LogP contribution in [0.2, 0.25) is 5.02 Å². The summed E-state index contributed by atoms with van der Waals surface area (Å²) in [4.78, 5) is 46.5. The maximum absolute atomic E-state index is 14.2. The Kier molecular flexibility index (Phi) is 8.15. The Hall–Kier alpha value is -3.89. The summed E-state index contributed by atoms with van der Waals surface area (Å²) in [6.07, 6.45) is 2.45. The van der Waals surface area contributed by atoms with Crippen LogP contribution >= 0.6 is 11.6 Å². The van der Waals surface area contributed by atoms with Gasteiger partial charge in [0.25, 0.3) is 0 Å². The van der Waals surface area contributed by atoms with Crippen molar-refractivity contribution < 1.29 is 9.59 Å². The number of piperazine rings is 1.